The number of nitrogens with two attached hydrogens (primary N) is 1. The molecule has 2 aromatic rings. The third-order valence-corrected chi connectivity index (χ3v) is 2.42. The van der Waals surface area contributed by atoms with Crippen LogP contribution in [0.1, 0.15) is 0 Å². The molecule has 0 unspecified atom stereocenters. The fraction of sp³-hybridized carbons (Fsp3) is 0.400. The predicted molar refractivity (Wildman–Crippen MR) is 60.8 cm³/mol. The Kier molecular flexibility index (Phi) is 2.55. The Hall–Kier alpha value is -1.62. The number of anilines is 1. The minimum atomic E-state index is 0.627. The Bertz CT molecular complexity index is 462. The van der Waals surface area contributed by atoms with Gasteiger partial charge in [-0.3, -0.25) is 4.68 Å². The van der Waals surface area contributed by atoms with Crippen LogP contribution in [0.2, 0.25) is 0 Å². The molecule has 0 saturated carbocycles. The van der Waals surface area contributed by atoms with Crippen LogP contribution in [0.5, 0.6) is 0 Å². The van der Waals surface area contributed by atoms with Gasteiger partial charge >= 0.3 is 0 Å². The first-order valence-corrected chi connectivity index (χ1v) is 4.92. The van der Waals surface area contributed by atoms with Gasteiger partial charge in [0.25, 0.3) is 0 Å². The van der Waals surface area contributed by atoms with Crippen molar-refractivity contribution in [3.8, 4) is 0 Å². The van der Waals surface area contributed by atoms with Gasteiger partial charge in [-0.05, 0) is 12.1 Å². The molecule has 0 aliphatic rings. The van der Waals surface area contributed by atoms with Crippen LogP contribution in [-0.2, 0) is 7.05 Å². The second-order valence-corrected chi connectivity index (χ2v) is 3.56. The second kappa shape index (κ2) is 3.86. The van der Waals surface area contributed by atoms with E-state index < -0.39 is 0 Å². The van der Waals surface area contributed by atoms with Crippen LogP contribution in [0, 0.1) is 0 Å². The van der Waals surface area contributed by atoms with Gasteiger partial charge in [-0.15, -0.1) is 0 Å². The van der Waals surface area contributed by atoms with Gasteiger partial charge < -0.3 is 10.6 Å². The van der Waals surface area contributed by atoms with Crippen molar-refractivity contribution >= 4 is 16.9 Å². The van der Waals surface area contributed by atoms with Crippen LogP contribution < -0.4 is 10.6 Å². The predicted octanol–water partition coefficient (Wildman–Crippen LogP) is 0.363. The molecule has 0 amide bonds. The topological polar surface area (TPSA) is 60.0 Å². The maximum absolute atomic E-state index is 5.50. The van der Waals surface area contributed by atoms with Crippen LogP contribution in [0.15, 0.2) is 18.3 Å². The summed E-state index contributed by atoms with van der Waals surface area (Å²) in [6.45, 7) is 1.43. The first-order chi connectivity index (χ1) is 7.22. The lowest BCUT2D eigenvalue weighted by Crippen LogP contribution is -2.25. The summed E-state index contributed by atoms with van der Waals surface area (Å²) in [5, 5.41) is 5.21. The smallest absolute Gasteiger partial charge is 0.159 e. The molecular weight excluding hydrogens is 190 g/mol. The number of nitrogens with zero attached hydrogens (tertiary/aromatic N) is 4. The Morgan fingerprint density at radius 1 is 1.47 bits per heavy atom. The highest BCUT2D eigenvalue weighted by atomic mass is 15.3. The zero-order chi connectivity index (χ0) is 10.8. The van der Waals surface area contributed by atoms with E-state index in [4.69, 9.17) is 5.73 Å². The van der Waals surface area contributed by atoms with E-state index in [1.165, 1.54) is 0 Å². The molecule has 0 saturated heterocycles. The number of aryl methyl sites for hydroxylation is 1. The lowest BCUT2D eigenvalue weighted by atomic mass is 10.3. The lowest BCUT2D eigenvalue weighted by molar-refractivity contribution is 0.783. The number of hydrogen-bond acceptors (Lipinski definition) is 4. The Balaban J connectivity index is 2.41. The highest BCUT2D eigenvalue weighted by Gasteiger charge is 2.05. The molecule has 2 heterocycles. The zero-order valence-corrected chi connectivity index (χ0v) is 9.01. The van der Waals surface area contributed by atoms with E-state index in [0.29, 0.717) is 6.54 Å². The van der Waals surface area contributed by atoms with E-state index in [-0.39, 0.29) is 0 Å². The summed E-state index contributed by atoms with van der Waals surface area (Å²) in [6.07, 6.45) is 1.81. The van der Waals surface area contributed by atoms with Crippen molar-refractivity contribution in [3.05, 3.63) is 18.3 Å². The summed E-state index contributed by atoms with van der Waals surface area (Å²) in [4.78, 5) is 6.56. The molecule has 15 heavy (non-hydrogen) atoms. The van der Waals surface area contributed by atoms with Crippen molar-refractivity contribution in [3.63, 3.8) is 0 Å². The molecule has 0 aromatic carbocycles. The number of rotatable bonds is 3. The standard InChI is InChI=1S/C10H15N5/c1-14(6-5-11)9-4-3-8-7-12-15(2)10(8)13-9/h3-4,7H,5-6,11H2,1-2H3. The third kappa shape index (κ3) is 1.78. The molecule has 80 valence electrons. The van der Waals surface area contributed by atoms with Crippen molar-refractivity contribution < 1.29 is 0 Å². The fourth-order valence-corrected chi connectivity index (χ4v) is 1.53. The quantitative estimate of drug-likeness (QED) is 0.786. The van der Waals surface area contributed by atoms with Gasteiger partial charge in [0.15, 0.2) is 5.65 Å². The maximum Gasteiger partial charge on any atom is 0.159 e. The monoisotopic (exact) mass is 205 g/mol. The van der Waals surface area contributed by atoms with Gasteiger partial charge in [-0.25, -0.2) is 4.98 Å². The second-order valence-electron chi connectivity index (χ2n) is 3.56. The molecule has 5 nitrogen and oxygen atoms in total. The molecule has 0 radical (unpaired) electrons. The minimum Gasteiger partial charge on any atom is -0.358 e. The number of aromatic nitrogens is 3. The number of hydrogen-bond donors (Lipinski definition) is 1. The molecule has 5 heteroatoms. The molecule has 0 bridgehead atoms. The molecule has 0 spiro atoms. The van der Waals surface area contributed by atoms with Crippen LogP contribution >= 0.6 is 0 Å². The van der Waals surface area contributed by atoms with Gasteiger partial charge in [0, 0.05) is 32.6 Å². The van der Waals surface area contributed by atoms with E-state index in [2.05, 4.69) is 10.1 Å². The van der Waals surface area contributed by atoms with Gasteiger partial charge in [0.05, 0.1) is 6.20 Å². The normalized spacial score (nSPS) is 10.9. The Labute approximate surface area is 88.5 Å². The first-order valence-electron chi connectivity index (χ1n) is 4.92. The average molecular weight is 205 g/mol. The molecule has 2 rings (SSSR count). The molecule has 0 atom stereocenters. The maximum atomic E-state index is 5.50. The summed E-state index contributed by atoms with van der Waals surface area (Å²) in [7, 11) is 3.87. The molecule has 0 aliphatic carbocycles. The molecule has 0 fully saturated rings. The summed E-state index contributed by atoms with van der Waals surface area (Å²) in [5.41, 5.74) is 6.40. The van der Waals surface area contributed by atoms with Crippen LogP contribution in [0.25, 0.3) is 11.0 Å². The SMILES string of the molecule is CN(CCN)c1ccc2cnn(C)c2n1. The number of likely N-dealkylation sites (N-methyl/N-ethyl adjacent to an activating group) is 1. The minimum absolute atomic E-state index is 0.627. The van der Waals surface area contributed by atoms with E-state index in [1.54, 1.807) is 4.68 Å². The fourth-order valence-electron chi connectivity index (χ4n) is 1.53. The van der Waals surface area contributed by atoms with Crippen molar-refractivity contribution in [2.24, 2.45) is 12.8 Å². The number of pyridine rings is 1. The molecule has 2 aromatic heterocycles. The van der Waals surface area contributed by atoms with Crippen LogP contribution in [0.3, 0.4) is 0 Å². The molecule has 0 aliphatic heterocycles. The van der Waals surface area contributed by atoms with Gasteiger partial charge in [0.1, 0.15) is 5.82 Å². The van der Waals surface area contributed by atoms with E-state index in [0.717, 1.165) is 23.4 Å². The molecule has 2 N–H and O–H groups in total. The number of fused-ring (bicyclic) bond motifs is 1. The summed E-state index contributed by atoms with van der Waals surface area (Å²) >= 11 is 0. The van der Waals surface area contributed by atoms with Crippen molar-refractivity contribution in [2.75, 3.05) is 25.0 Å². The van der Waals surface area contributed by atoms with E-state index >= 15 is 0 Å². The zero-order valence-electron chi connectivity index (χ0n) is 9.01. The summed E-state index contributed by atoms with van der Waals surface area (Å²) < 4.78 is 1.77. The largest absolute Gasteiger partial charge is 0.358 e. The van der Waals surface area contributed by atoms with Crippen molar-refractivity contribution in [1.29, 1.82) is 0 Å². The van der Waals surface area contributed by atoms with Gasteiger partial charge in [-0.1, -0.05) is 0 Å². The summed E-state index contributed by atoms with van der Waals surface area (Å²) in [5.74, 6) is 0.927. The van der Waals surface area contributed by atoms with Crippen LogP contribution in [-0.4, -0.2) is 34.9 Å². The average Bonchev–Trinajstić information content (AvgIpc) is 2.60. The Morgan fingerprint density at radius 3 is 3.00 bits per heavy atom. The van der Waals surface area contributed by atoms with Gasteiger partial charge in [0.2, 0.25) is 0 Å². The Morgan fingerprint density at radius 2 is 2.27 bits per heavy atom. The first kappa shape index (κ1) is 9.92. The van der Waals surface area contributed by atoms with E-state index in [9.17, 15) is 0 Å². The van der Waals surface area contributed by atoms with E-state index in [1.807, 2.05) is 37.3 Å². The van der Waals surface area contributed by atoms with Crippen LogP contribution in [0.4, 0.5) is 5.82 Å². The highest BCUT2D eigenvalue weighted by molar-refractivity contribution is 5.76. The van der Waals surface area contributed by atoms with Crippen molar-refractivity contribution in [2.45, 2.75) is 0 Å². The van der Waals surface area contributed by atoms with Crippen molar-refractivity contribution in [1.82, 2.24) is 14.8 Å². The van der Waals surface area contributed by atoms with Gasteiger partial charge in [-0.2, -0.15) is 5.10 Å². The third-order valence-electron chi connectivity index (χ3n) is 2.42. The molecular formula is C10H15N5. The lowest BCUT2D eigenvalue weighted by Gasteiger charge is -2.16. The summed E-state index contributed by atoms with van der Waals surface area (Å²) in [6, 6.07) is 4.01. The highest BCUT2D eigenvalue weighted by Crippen LogP contribution is 2.15.